The summed E-state index contributed by atoms with van der Waals surface area (Å²) < 4.78 is 8.91. The first kappa shape index (κ1) is 11.6. The normalized spacial score (nSPS) is 11.5. The number of rotatable bonds is 5. The molecule has 0 bridgehead atoms. The quantitative estimate of drug-likeness (QED) is 0.446. The molecule has 5 nitrogen and oxygen atoms in total. The molecule has 0 amide bonds. The van der Waals surface area contributed by atoms with E-state index in [4.69, 9.17) is 0 Å². The molecule has 0 radical (unpaired) electrons. The van der Waals surface area contributed by atoms with Crippen LogP contribution in [0.5, 0.6) is 0 Å². The van der Waals surface area contributed by atoms with Gasteiger partial charge in [-0.05, 0) is 0 Å². The third-order valence-corrected chi connectivity index (χ3v) is 1.35. The highest BCUT2D eigenvalue weighted by molar-refractivity contribution is 5.74. The number of ether oxygens (including phenoxy) is 2. The largest absolute Gasteiger partial charge is 0.469 e. The molecule has 0 aliphatic carbocycles. The molecule has 0 saturated heterocycles. The van der Waals surface area contributed by atoms with E-state index in [0.29, 0.717) is 6.29 Å². The minimum absolute atomic E-state index is 0.0622. The van der Waals surface area contributed by atoms with E-state index >= 15 is 0 Å². The molecule has 0 spiro atoms. The maximum absolute atomic E-state index is 10.7. The zero-order chi connectivity index (χ0) is 10.3. The predicted molar refractivity (Wildman–Crippen MR) is 42.8 cm³/mol. The monoisotopic (exact) mass is 188 g/mol. The molecule has 13 heavy (non-hydrogen) atoms. The van der Waals surface area contributed by atoms with Gasteiger partial charge in [-0.2, -0.15) is 0 Å². The van der Waals surface area contributed by atoms with Crippen LogP contribution in [0.25, 0.3) is 0 Å². The fraction of sp³-hybridized carbons (Fsp3) is 0.625. The summed E-state index contributed by atoms with van der Waals surface area (Å²) in [6.45, 7) is 1.16. The molecular weight excluding hydrogens is 176 g/mol. The molecular formula is C8H12O5. The highest BCUT2D eigenvalue weighted by Crippen LogP contribution is 2.01. The first-order valence-electron chi connectivity index (χ1n) is 3.75. The van der Waals surface area contributed by atoms with Crippen LogP contribution in [-0.4, -0.2) is 31.9 Å². The molecule has 74 valence electrons. The average Bonchev–Trinajstić information content (AvgIpc) is 2.11. The van der Waals surface area contributed by atoms with Crippen LogP contribution in [0.15, 0.2) is 0 Å². The molecule has 0 aromatic heterocycles. The molecule has 0 aromatic rings. The van der Waals surface area contributed by atoms with Crippen LogP contribution in [0.4, 0.5) is 0 Å². The van der Waals surface area contributed by atoms with Crippen molar-refractivity contribution < 1.29 is 23.9 Å². The molecule has 0 aromatic carbocycles. The molecule has 5 heteroatoms. The molecule has 0 saturated carbocycles. The average molecular weight is 188 g/mol. The second kappa shape index (κ2) is 6.16. The molecule has 0 heterocycles. The van der Waals surface area contributed by atoms with Crippen molar-refractivity contribution in [2.24, 2.45) is 5.92 Å². The lowest BCUT2D eigenvalue weighted by atomic mass is 10.1. The maximum atomic E-state index is 10.7. The number of esters is 2. The highest BCUT2D eigenvalue weighted by Gasteiger charge is 2.14. The van der Waals surface area contributed by atoms with Gasteiger partial charge in [0.2, 0.25) is 0 Å². The van der Waals surface area contributed by atoms with Crippen LogP contribution in [0.2, 0.25) is 0 Å². The Morgan fingerprint density at radius 2 is 2.08 bits per heavy atom. The summed E-state index contributed by atoms with van der Waals surface area (Å²) in [5.74, 6) is -1.59. The second-order valence-corrected chi connectivity index (χ2v) is 2.48. The van der Waals surface area contributed by atoms with Crippen LogP contribution in [-0.2, 0) is 23.9 Å². The van der Waals surface area contributed by atoms with Crippen LogP contribution < -0.4 is 0 Å². The van der Waals surface area contributed by atoms with Gasteiger partial charge in [0.05, 0.1) is 19.4 Å². The molecule has 1 atom stereocenters. The Labute approximate surface area is 76.0 Å². The molecule has 0 N–H and O–H groups in total. The van der Waals surface area contributed by atoms with E-state index in [0.717, 1.165) is 0 Å². The predicted octanol–water partition coefficient (Wildman–Crippen LogP) is -0.0723. The van der Waals surface area contributed by atoms with Crippen LogP contribution >= 0.6 is 0 Å². The van der Waals surface area contributed by atoms with E-state index in [1.54, 1.807) is 0 Å². The van der Waals surface area contributed by atoms with Gasteiger partial charge in [-0.3, -0.25) is 9.59 Å². The lowest BCUT2D eigenvalue weighted by Crippen LogP contribution is -2.18. The van der Waals surface area contributed by atoms with E-state index < -0.39 is 17.9 Å². The highest BCUT2D eigenvalue weighted by atomic mass is 16.5. The summed E-state index contributed by atoms with van der Waals surface area (Å²) in [5, 5.41) is 0. The Morgan fingerprint density at radius 3 is 2.46 bits per heavy atom. The van der Waals surface area contributed by atoms with Gasteiger partial charge in [0, 0.05) is 6.92 Å². The van der Waals surface area contributed by atoms with E-state index in [9.17, 15) is 14.4 Å². The van der Waals surface area contributed by atoms with Gasteiger partial charge >= 0.3 is 11.9 Å². The Bertz CT molecular complexity index is 199. The minimum Gasteiger partial charge on any atom is -0.469 e. The van der Waals surface area contributed by atoms with Gasteiger partial charge in [0.15, 0.2) is 0 Å². The van der Waals surface area contributed by atoms with Gasteiger partial charge in [-0.15, -0.1) is 0 Å². The van der Waals surface area contributed by atoms with Crippen molar-refractivity contribution in [2.75, 3.05) is 13.7 Å². The molecule has 0 rings (SSSR count). The van der Waals surface area contributed by atoms with E-state index in [1.807, 2.05) is 0 Å². The Hall–Kier alpha value is -1.39. The summed E-state index contributed by atoms with van der Waals surface area (Å²) in [6.07, 6.45) is 0.507. The van der Waals surface area contributed by atoms with Crippen LogP contribution in [0.1, 0.15) is 13.3 Å². The molecule has 0 aliphatic rings. The summed E-state index contributed by atoms with van der Waals surface area (Å²) in [5.41, 5.74) is 0. The minimum atomic E-state index is -0.614. The van der Waals surface area contributed by atoms with Crippen molar-refractivity contribution in [3.05, 3.63) is 0 Å². The zero-order valence-corrected chi connectivity index (χ0v) is 7.61. The third kappa shape index (κ3) is 5.84. The van der Waals surface area contributed by atoms with Gasteiger partial charge in [0.1, 0.15) is 12.9 Å². The number of carbonyl (C=O) groups excluding carboxylic acids is 3. The molecule has 0 fully saturated rings. The van der Waals surface area contributed by atoms with E-state index in [2.05, 4.69) is 9.47 Å². The second-order valence-electron chi connectivity index (χ2n) is 2.48. The summed E-state index contributed by atoms with van der Waals surface area (Å²) in [4.78, 5) is 31.4. The van der Waals surface area contributed by atoms with Gasteiger partial charge in [0.25, 0.3) is 0 Å². The van der Waals surface area contributed by atoms with E-state index in [1.165, 1.54) is 14.0 Å². The lowest BCUT2D eigenvalue weighted by molar-refractivity contribution is -0.148. The molecule has 1 unspecified atom stereocenters. The van der Waals surface area contributed by atoms with Crippen molar-refractivity contribution in [3.8, 4) is 0 Å². The number of carbonyl (C=O) groups is 3. The SMILES string of the molecule is COC(=O)CC(C=O)COC(C)=O. The molecule has 0 aliphatic heterocycles. The number of methoxy groups -OCH3 is 1. The van der Waals surface area contributed by atoms with Crippen LogP contribution in [0.3, 0.4) is 0 Å². The summed E-state index contributed by atoms with van der Waals surface area (Å²) in [6, 6.07) is 0. The maximum Gasteiger partial charge on any atom is 0.306 e. The van der Waals surface area contributed by atoms with Crippen molar-refractivity contribution in [2.45, 2.75) is 13.3 Å². The number of aldehydes is 1. The first-order valence-corrected chi connectivity index (χ1v) is 3.75. The summed E-state index contributed by atoms with van der Waals surface area (Å²) >= 11 is 0. The Kier molecular flexibility index (Phi) is 5.50. The van der Waals surface area contributed by atoms with Gasteiger partial charge in [-0.1, -0.05) is 0 Å². The summed E-state index contributed by atoms with van der Waals surface area (Å²) in [7, 11) is 1.23. The third-order valence-electron chi connectivity index (χ3n) is 1.35. The van der Waals surface area contributed by atoms with Crippen molar-refractivity contribution in [1.29, 1.82) is 0 Å². The van der Waals surface area contributed by atoms with Gasteiger partial charge in [-0.25, -0.2) is 0 Å². The van der Waals surface area contributed by atoms with Crippen LogP contribution in [0, 0.1) is 5.92 Å². The first-order chi connectivity index (χ1) is 6.10. The fourth-order valence-corrected chi connectivity index (χ4v) is 0.668. The number of hydrogen-bond donors (Lipinski definition) is 0. The Balaban J connectivity index is 3.82. The van der Waals surface area contributed by atoms with Crippen molar-refractivity contribution in [1.82, 2.24) is 0 Å². The standard InChI is InChI=1S/C8H12O5/c1-6(10)13-5-7(4-9)3-8(11)12-2/h4,7H,3,5H2,1-2H3. The smallest absolute Gasteiger partial charge is 0.306 e. The van der Waals surface area contributed by atoms with Gasteiger partial charge < -0.3 is 14.3 Å². The topological polar surface area (TPSA) is 69.7 Å². The fourth-order valence-electron chi connectivity index (χ4n) is 0.668. The van der Waals surface area contributed by atoms with Crippen molar-refractivity contribution >= 4 is 18.2 Å². The van der Waals surface area contributed by atoms with E-state index in [-0.39, 0.29) is 13.0 Å². The Morgan fingerprint density at radius 1 is 1.46 bits per heavy atom. The zero-order valence-electron chi connectivity index (χ0n) is 7.61. The van der Waals surface area contributed by atoms with Crippen molar-refractivity contribution in [3.63, 3.8) is 0 Å². The number of hydrogen-bond acceptors (Lipinski definition) is 5. The lowest BCUT2D eigenvalue weighted by Gasteiger charge is -2.07.